The summed E-state index contributed by atoms with van der Waals surface area (Å²) in [6.45, 7) is 8.00. The Morgan fingerprint density at radius 3 is 0.979 bits per heavy atom. The van der Waals surface area contributed by atoms with E-state index in [-0.39, 0.29) is 5.41 Å². The van der Waals surface area contributed by atoms with Crippen LogP contribution in [0.1, 0.15) is 49.9 Å². The maximum absolute atomic E-state index is 2.32. The Balaban J connectivity index is 0.000000142. The van der Waals surface area contributed by atoms with Gasteiger partial charge in [-0.15, -0.1) is 0 Å². The van der Waals surface area contributed by atoms with Crippen molar-refractivity contribution in [2.24, 2.45) is 0 Å². The van der Waals surface area contributed by atoms with E-state index in [1.807, 2.05) is 27.7 Å². The van der Waals surface area contributed by atoms with Gasteiger partial charge in [0.1, 0.15) is 0 Å². The normalized spacial score (nSPS) is 12.3. The number of benzene rings is 7. The second-order valence-electron chi connectivity index (χ2n) is 11.6. The van der Waals surface area contributed by atoms with Gasteiger partial charge >= 0.3 is 0 Å². The second kappa shape index (κ2) is 13.2. The lowest BCUT2D eigenvalue weighted by molar-refractivity contribution is 0.794. The maximum atomic E-state index is 2.32. The molecule has 8 aromatic rings. The van der Waals surface area contributed by atoms with Crippen LogP contribution in [0.2, 0.25) is 0 Å². The highest BCUT2D eigenvalue weighted by molar-refractivity contribution is 6.09. The van der Waals surface area contributed by atoms with Crippen molar-refractivity contribution in [3.8, 4) is 27.9 Å². The number of hydrogen-bond acceptors (Lipinski definition) is 0. The van der Waals surface area contributed by atoms with Crippen LogP contribution in [0.15, 0.2) is 176 Å². The van der Waals surface area contributed by atoms with E-state index in [0.717, 1.165) is 0 Å². The predicted octanol–water partition coefficient (Wildman–Crippen LogP) is 12.9. The third-order valence-corrected chi connectivity index (χ3v) is 9.50. The van der Waals surface area contributed by atoms with E-state index < -0.39 is 0 Å². The zero-order valence-electron chi connectivity index (χ0n) is 28.2. The molecular formula is C47H41N. The maximum Gasteiger partial charge on any atom is 0.0725 e. The first-order chi connectivity index (χ1) is 23.9. The predicted molar refractivity (Wildman–Crippen MR) is 206 cm³/mol. The van der Waals surface area contributed by atoms with Gasteiger partial charge in [0.15, 0.2) is 0 Å². The van der Waals surface area contributed by atoms with Crippen LogP contribution in [-0.2, 0) is 5.41 Å². The van der Waals surface area contributed by atoms with Gasteiger partial charge in [-0.1, -0.05) is 179 Å². The smallest absolute Gasteiger partial charge is 0.0725 e. The molecule has 1 heteroatoms. The van der Waals surface area contributed by atoms with Crippen molar-refractivity contribution in [2.75, 3.05) is 0 Å². The molecule has 0 amide bonds. The molecule has 0 radical (unpaired) electrons. The highest BCUT2D eigenvalue weighted by atomic mass is 15.0. The zero-order valence-corrected chi connectivity index (χ0v) is 28.2. The van der Waals surface area contributed by atoms with E-state index in [4.69, 9.17) is 0 Å². The van der Waals surface area contributed by atoms with Gasteiger partial charge in [-0.2, -0.15) is 0 Å². The third-order valence-electron chi connectivity index (χ3n) is 9.50. The largest absolute Gasteiger partial charge is 0.309 e. The van der Waals surface area contributed by atoms with Gasteiger partial charge in [0.25, 0.3) is 0 Å². The summed E-state index contributed by atoms with van der Waals surface area (Å²) in [5.74, 6) is 0. The van der Waals surface area contributed by atoms with Crippen LogP contribution in [0, 0.1) is 0 Å². The van der Waals surface area contributed by atoms with Gasteiger partial charge in [0.2, 0.25) is 0 Å². The highest BCUT2D eigenvalue weighted by Gasteiger charge is 2.51. The first-order valence-corrected chi connectivity index (χ1v) is 17.3. The summed E-state index contributed by atoms with van der Waals surface area (Å²) in [6, 6.07) is 63.3. The molecule has 7 aromatic carbocycles. The second-order valence-corrected chi connectivity index (χ2v) is 11.6. The van der Waals surface area contributed by atoms with Gasteiger partial charge in [-0.3, -0.25) is 0 Å². The summed E-state index contributed by atoms with van der Waals surface area (Å²) in [7, 11) is 0. The summed E-state index contributed by atoms with van der Waals surface area (Å²) in [6.07, 6.45) is 0. The molecule has 1 heterocycles. The summed E-state index contributed by atoms with van der Waals surface area (Å²) < 4.78 is 2.32. The Kier molecular flexibility index (Phi) is 8.53. The fourth-order valence-electron chi connectivity index (χ4n) is 7.83. The monoisotopic (exact) mass is 619 g/mol. The van der Waals surface area contributed by atoms with Crippen LogP contribution < -0.4 is 0 Å². The SMILES string of the molecule is CC.CC.c1ccc(-n2c3ccccc3c3ccccc32)cc1.c1ccc2c(c1)-c1ccccc1C21c2ccccc2-c2ccccc21. The lowest BCUT2D eigenvalue weighted by Gasteiger charge is -2.30. The van der Waals surface area contributed by atoms with Gasteiger partial charge in [0.05, 0.1) is 16.4 Å². The Morgan fingerprint density at radius 1 is 0.312 bits per heavy atom. The summed E-state index contributed by atoms with van der Waals surface area (Å²) in [4.78, 5) is 0. The molecule has 0 N–H and O–H groups in total. The van der Waals surface area contributed by atoms with Gasteiger partial charge < -0.3 is 4.57 Å². The van der Waals surface area contributed by atoms with E-state index in [0.29, 0.717) is 0 Å². The number of hydrogen-bond donors (Lipinski definition) is 0. The lowest BCUT2D eigenvalue weighted by Crippen LogP contribution is -2.25. The van der Waals surface area contributed by atoms with Crippen molar-refractivity contribution < 1.29 is 0 Å². The molecule has 0 aliphatic heterocycles. The summed E-state index contributed by atoms with van der Waals surface area (Å²) in [5.41, 5.74) is 14.7. The standard InChI is InChI=1S/C25H16.C18H13N.2C2H6/c1-5-13-21-17(9-1)18-10-2-6-14-22(18)25(21)23-15-7-3-11-19(23)20-12-4-8-16-24(20)25;1-2-8-14(9-3-1)19-17-12-6-4-10-15(17)16-11-5-7-13-18(16)19;2*1-2/h1-16H;1-13H;2*1-2H3. The first kappa shape index (κ1) is 31.0. The Hall–Kier alpha value is -5.66. The molecule has 1 nitrogen and oxygen atoms in total. The number of para-hydroxylation sites is 3. The topological polar surface area (TPSA) is 4.93 Å². The molecule has 2 aliphatic carbocycles. The fourth-order valence-corrected chi connectivity index (χ4v) is 7.83. The van der Waals surface area contributed by atoms with Crippen LogP contribution in [0.25, 0.3) is 49.7 Å². The van der Waals surface area contributed by atoms with Gasteiger partial charge in [0, 0.05) is 16.5 Å². The molecule has 0 fully saturated rings. The first-order valence-electron chi connectivity index (χ1n) is 17.3. The van der Waals surface area contributed by atoms with Crippen molar-refractivity contribution in [1.29, 1.82) is 0 Å². The van der Waals surface area contributed by atoms with Crippen LogP contribution in [0.5, 0.6) is 0 Å². The van der Waals surface area contributed by atoms with E-state index >= 15 is 0 Å². The van der Waals surface area contributed by atoms with E-state index in [2.05, 4.69) is 180 Å². The van der Waals surface area contributed by atoms with Crippen molar-refractivity contribution >= 4 is 21.8 Å². The van der Waals surface area contributed by atoms with E-state index in [1.54, 1.807) is 0 Å². The lowest BCUT2D eigenvalue weighted by atomic mass is 9.70. The number of fused-ring (bicyclic) bond motifs is 13. The van der Waals surface area contributed by atoms with Crippen LogP contribution in [-0.4, -0.2) is 4.57 Å². The van der Waals surface area contributed by atoms with Gasteiger partial charge in [-0.05, 0) is 68.8 Å². The molecular weight excluding hydrogens is 579 g/mol. The quantitative estimate of drug-likeness (QED) is 0.172. The van der Waals surface area contributed by atoms with E-state index in [9.17, 15) is 0 Å². The van der Waals surface area contributed by atoms with Crippen LogP contribution in [0.3, 0.4) is 0 Å². The summed E-state index contributed by atoms with van der Waals surface area (Å²) in [5, 5.41) is 2.61. The van der Waals surface area contributed by atoms with Crippen molar-refractivity contribution in [1.82, 2.24) is 4.57 Å². The molecule has 0 atom stereocenters. The molecule has 234 valence electrons. The van der Waals surface area contributed by atoms with Crippen molar-refractivity contribution in [3.05, 3.63) is 198 Å². The van der Waals surface area contributed by atoms with E-state index in [1.165, 1.54) is 72.0 Å². The molecule has 48 heavy (non-hydrogen) atoms. The van der Waals surface area contributed by atoms with Gasteiger partial charge in [-0.25, -0.2) is 0 Å². The minimum absolute atomic E-state index is 0.180. The molecule has 2 aliphatic rings. The number of nitrogens with zero attached hydrogens (tertiary/aromatic N) is 1. The molecule has 0 unspecified atom stereocenters. The molecule has 0 bridgehead atoms. The number of aromatic nitrogens is 1. The third kappa shape index (κ3) is 4.61. The minimum Gasteiger partial charge on any atom is -0.309 e. The van der Waals surface area contributed by atoms with Crippen molar-refractivity contribution in [2.45, 2.75) is 33.1 Å². The molecule has 0 saturated carbocycles. The average molecular weight is 620 g/mol. The number of rotatable bonds is 1. The van der Waals surface area contributed by atoms with Crippen LogP contribution in [0.4, 0.5) is 0 Å². The minimum atomic E-state index is -0.180. The summed E-state index contributed by atoms with van der Waals surface area (Å²) >= 11 is 0. The Bertz CT molecular complexity index is 2100. The Morgan fingerprint density at radius 2 is 0.604 bits per heavy atom. The molecule has 1 spiro atoms. The average Bonchev–Trinajstić information content (AvgIpc) is 3.79. The Labute approximate surface area is 284 Å². The van der Waals surface area contributed by atoms with Crippen molar-refractivity contribution in [3.63, 3.8) is 0 Å². The molecule has 10 rings (SSSR count). The van der Waals surface area contributed by atoms with Crippen LogP contribution >= 0.6 is 0 Å². The molecule has 1 aromatic heterocycles. The highest BCUT2D eigenvalue weighted by Crippen LogP contribution is 2.62. The molecule has 0 saturated heterocycles. The zero-order chi connectivity index (χ0) is 33.1. The fraction of sp³-hybridized carbons (Fsp3) is 0.106.